The van der Waals surface area contributed by atoms with Crippen LogP contribution >= 0.6 is 0 Å². The molecule has 0 aliphatic heterocycles. The van der Waals surface area contributed by atoms with E-state index in [0.717, 1.165) is 12.1 Å². The number of aliphatic imine (C=N–C) groups is 1. The summed E-state index contributed by atoms with van der Waals surface area (Å²) in [6.45, 7) is 9.69. The molecule has 0 fully saturated rings. The van der Waals surface area contributed by atoms with E-state index in [9.17, 15) is 18.0 Å². The highest BCUT2D eigenvalue weighted by Gasteiger charge is 2.31. The predicted octanol–water partition coefficient (Wildman–Crippen LogP) is 5.07. The highest BCUT2D eigenvalue weighted by atomic mass is 19.4. The Morgan fingerprint density at radius 2 is 1.88 bits per heavy atom. The number of carbonyl (C=O) groups excluding carboxylic acids is 1. The molecule has 0 N–H and O–H groups in total. The SMILES string of the molecule is C=C(/N=C(/C)OC)c1ccccc1C(=O)N(CC)[C@@H](C)COc1ccc(C(F)(F)F)cn1. The van der Waals surface area contributed by atoms with Gasteiger partial charge in [0.25, 0.3) is 5.91 Å². The van der Waals surface area contributed by atoms with Crippen molar-refractivity contribution in [2.24, 2.45) is 4.99 Å². The minimum Gasteiger partial charge on any atom is -0.484 e. The lowest BCUT2D eigenvalue weighted by molar-refractivity contribution is -0.137. The maximum absolute atomic E-state index is 13.3. The Balaban J connectivity index is 2.15. The molecule has 6 nitrogen and oxygen atoms in total. The molecule has 1 atom stereocenters. The maximum Gasteiger partial charge on any atom is 0.417 e. The minimum atomic E-state index is -4.46. The first kappa shape index (κ1) is 24.9. The Bertz CT molecular complexity index is 972. The predicted molar refractivity (Wildman–Crippen MR) is 117 cm³/mol. The quantitative estimate of drug-likeness (QED) is 0.417. The number of carbonyl (C=O) groups is 1. The molecule has 32 heavy (non-hydrogen) atoms. The number of likely N-dealkylation sites (N-methyl/N-ethyl adjacent to an activating group) is 1. The smallest absolute Gasteiger partial charge is 0.417 e. The van der Waals surface area contributed by atoms with E-state index in [1.807, 2.05) is 6.92 Å². The summed E-state index contributed by atoms with van der Waals surface area (Å²) in [5.74, 6) is 0.216. The molecule has 1 heterocycles. The molecule has 0 aliphatic rings. The zero-order valence-electron chi connectivity index (χ0n) is 18.4. The number of pyridine rings is 1. The van der Waals surface area contributed by atoms with Gasteiger partial charge in [-0.15, -0.1) is 0 Å². The van der Waals surface area contributed by atoms with Gasteiger partial charge in [-0.2, -0.15) is 13.2 Å². The monoisotopic (exact) mass is 449 g/mol. The van der Waals surface area contributed by atoms with Crippen molar-refractivity contribution >= 4 is 17.5 Å². The number of methoxy groups -OCH3 is 1. The molecule has 1 aromatic carbocycles. The van der Waals surface area contributed by atoms with Crippen LogP contribution < -0.4 is 4.74 Å². The third-order valence-electron chi connectivity index (χ3n) is 4.73. The van der Waals surface area contributed by atoms with Gasteiger partial charge in [-0.25, -0.2) is 9.98 Å². The van der Waals surface area contributed by atoms with Crippen LogP contribution in [0.1, 0.15) is 42.3 Å². The normalized spacial score (nSPS) is 12.8. The van der Waals surface area contributed by atoms with Gasteiger partial charge in [0.1, 0.15) is 6.61 Å². The summed E-state index contributed by atoms with van der Waals surface area (Å²) in [6, 6.07) is 8.66. The number of amides is 1. The minimum absolute atomic E-state index is 0.0477. The van der Waals surface area contributed by atoms with Crippen molar-refractivity contribution in [1.29, 1.82) is 0 Å². The second kappa shape index (κ2) is 10.8. The molecule has 172 valence electrons. The zero-order chi connectivity index (χ0) is 23.9. The third kappa shape index (κ3) is 6.32. The van der Waals surface area contributed by atoms with Crippen LogP contribution in [-0.2, 0) is 10.9 Å². The van der Waals surface area contributed by atoms with E-state index in [2.05, 4.69) is 16.6 Å². The molecule has 0 saturated heterocycles. The Morgan fingerprint density at radius 3 is 2.41 bits per heavy atom. The number of halogens is 3. The first-order chi connectivity index (χ1) is 15.1. The molecule has 0 spiro atoms. The maximum atomic E-state index is 13.3. The topological polar surface area (TPSA) is 64.0 Å². The molecular weight excluding hydrogens is 423 g/mol. The molecule has 0 radical (unpaired) electrons. The molecule has 0 bridgehead atoms. The van der Waals surface area contributed by atoms with Crippen molar-refractivity contribution < 1.29 is 27.4 Å². The average molecular weight is 449 g/mol. The van der Waals surface area contributed by atoms with Crippen molar-refractivity contribution in [3.8, 4) is 5.88 Å². The van der Waals surface area contributed by atoms with Gasteiger partial charge in [-0.1, -0.05) is 24.8 Å². The van der Waals surface area contributed by atoms with Gasteiger partial charge in [-0.3, -0.25) is 4.79 Å². The lowest BCUT2D eigenvalue weighted by atomic mass is 10.0. The Morgan fingerprint density at radius 1 is 1.22 bits per heavy atom. The van der Waals surface area contributed by atoms with Gasteiger partial charge in [-0.05, 0) is 26.0 Å². The number of aromatic nitrogens is 1. The van der Waals surface area contributed by atoms with Gasteiger partial charge in [0.2, 0.25) is 5.88 Å². The van der Waals surface area contributed by atoms with Crippen LogP contribution in [0, 0.1) is 0 Å². The van der Waals surface area contributed by atoms with Crippen molar-refractivity contribution in [3.05, 3.63) is 65.9 Å². The van der Waals surface area contributed by atoms with E-state index >= 15 is 0 Å². The van der Waals surface area contributed by atoms with Crippen molar-refractivity contribution in [2.45, 2.75) is 33.0 Å². The second-order valence-electron chi connectivity index (χ2n) is 6.96. The fraction of sp³-hybridized carbons (Fsp3) is 0.348. The van der Waals surface area contributed by atoms with E-state index in [1.54, 1.807) is 43.0 Å². The molecule has 2 rings (SSSR count). The van der Waals surface area contributed by atoms with Crippen LogP contribution in [0.15, 0.2) is 54.2 Å². The van der Waals surface area contributed by atoms with E-state index in [1.165, 1.54) is 7.11 Å². The van der Waals surface area contributed by atoms with Crippen LogP contribution in [0.5, 0.6) is 5.88 Å². The summed E-state index contributed by atoms with van der Waals surface area (Å²) in [5, 5.41) is 0. The van der Waals surface area contributed by atoms with Crippen LogP contribution in [0.4, 0.5) is 13.2 Å². The summed E-state index contributed by atoms with van der Waals surface area (Å²) >= 11 is 0. The first-order valence-electron chi connectivity index (χ1n) is 9.93. The summed E-state index contributed by atoms with van der Waals surface area (Å²) in [6.07, 6.45) is -3.75. The van der Waals surface area contributed by atoms with Crippen LogP contribution in [0.3, 0.4) is 0 Å². The Kier molecular flexibility index (Phi) is 8.40. The van der Waals surface area contributed by atoms with E-state index in [-0.39, 0.29) is 24.4 Å². The molecule has 1 amide bonds. The largest absolute Gasteiger partial charge is 0.484 e. The number of ether oxygens (including phenoxy) is 2. The standard InChI is InChI=1S/C23H26F3N3O3/c1-6-29(15(2)14-32-21-12-11-18(13-27-21)23(24,25)26)22(30)20-10-8-7-9-19(20)16(3)28-17(4)31-5/h7-13,15H,3,6,14H2,1-2,4-5H3/b28-17-/t15-/m0/s1. The van der Waals surface area contributed by atoms with Crippen molar-refractivity contribution in [3.63, 3.8) is 0 Å². The summed E-state index contributed by atoms with van der Waals surface area (Å²) < 4.78 is 48.6. The van der Waals surface area contributed by atoms with Gasteiger partial charge < -0.3 is 14.4 Å². The second-order valence-corrected chi connectivity index (χ2v) is 6.96. The number of nitrogens with zero attached hydrogens (tertiary/aromatic N) is 3. The van der Waals surface area contributed by atoms with Crippen molar-refractivity contribution in [1.82, 2.24) is 9.88 Å². The first-order valence-corrected chi connectivity index (χ1v) is 9.93. The molecule has 1 aromatic heterocycles. The Hall–Kier alpha value is -3.36. The number of hydrogen-bond donors (Lipinski definition) is 0. The van der Waals surface area contributed by atoms with E-state index < -0.39 is 11.7 Å². The molecule has 0 unspecified atom stereocenters. The molecule has 0 aliphatic carbocycles. The van der Waals surface area contributed by atoms with E-state index in [0.29, 0.717) is 35.5 Å². The Labute approximate surface area is 185 Å². The average Bonchev–Trinajstić information content (AvgIpc) is 2.77. The van der Waals surface area contributed by atoms with Crippen molar-refractivity contribution in [2.75, 3.05) is 20.3 Å². The molecule has 9 heteroatoms. The van der Waals surface area contributed by atoms with E-state index in [4.69, 9.17) is 9.47 Å². The summed E-state index contributed by atoms with van der Waals surface area (Å²) in [4.78, 5) is 22.8. The number of rotatable bonds is 8. The fourth-order valence-corrected chi connectivity index (χ4v) is 2.96. The zero-order valence-corrected chi connectivity index (χ0v) is 18.4. The van der Waals surface area contributed by atoms with Gasteiger partial charge in [0.15, 0.2) is 5.90 Å². The van der Waals surface area contributed by atoms with Gasteiger partial charge in [0, 0.05) is 36.9 Å². The van der Waals surface area contributed by atoms with Crippen LogP contribution in [0.2, 0.25) is 0 Å². The number of alkyl halides is 3. The number of benzene rings is 1. The highest BCUT2D eigenvalue weighted by Crippen LogP contribution is 2.29. The highest BCUT2D eigenvalue weighted by molar-refractivity contribution is 5.99. The van der Waals surface area contributed by atoms with Gasteiger partial charge in [0.05, 0.1) is 24.4 Å². The summed E-state index contributed by atoms with van der Waals surface area (Å²) in [7, 11) is 1.50. The van der Waals surface area contributed by atoms with Crippen LogP contribution in [-0.4, -0.2) is 48.0 Å². The number of hydrogen-bond acceptors (Lipinski definition) is 5. The van der Waals surface area contributed by atoms with Crippen LogP contribution in [0.25, 0.3) is 5.70 Å². The summed E-state index contributed by atoms with van der Waals surface area (Å²) in [5.41, 5.74) is 0.532. The van der Waals surface area contributed by atoms with Gasteiger partial charge >= 0.3 is 6.18 Å². The fourth-order valence-electron chi connectivity index (χ4n) is 2.96. The lowest BCUT2D eigenvalue weighted by Gasteiger charge is -2.28. The lowest BCUT2D eigenvalue weighted by Crippen LogP contribution is -2.42. The molecule has 0 saturated carbocycles. The molecular formula is C23H26F3N3O3. The molecule has 2 aromatic rings. The third-order valence-corrected chi connectivity index (χ3v) is 4.73.